The van der Waals surface area contributed by atoms with Crippen molar-refractivity contribution in [2.24, 2.45) is 5.92 Å². The maximum atomic E-state index is 13.3. The molecule has 0 N–H and O–H groups in total. The van der Waals surface area contributed by atoms with Crippen LogP contribution in [-0.2, 0) is 9.30 Å². The highest BCUT2D eigenvalue weighted by Gasteiger charge is 2.31. The zero-order chi connectivity index (χ0) is 10.7. The lowest BCUT2D eigenvalue weighted by Crippen LogP contribution is -2.11. The van der Waals surface area contributed by atoms with E-state index in [4.69, 9.17) is 4.74 Å². The fourth-order valence-electron chi connectivity index (χ4n) is 1.60. The molecule has 4 heteroatoms. The lowest BCUT2D eigenvalue weighted by atomic mass is 10.1. The van der Waals surface area contributed by atoms with Gasteiger partial charge in [0.2, 0.25) is 6.35 Å². The first-order chi connectivity index (χ1) is 6.56. The second-order valence-electron chi connectivity index (χ2n) is 3.75. The summed E-state index contributed by atoms with van der Waals surface area (Å²) >= 11 is 0. The van der Waals surface area contributed by atoms with Crippen LogP contribution in [0, 0.1) is 5.92 Å². The Kier molecular flexibility index (Phi) is 4.21. The summed E-state index contributed by atoms with van der Waals surface area (Å²) in [5, 5.41) is 0. The van der Waals surface area contributed by atoms with E-state index in [1.807, 2.05) is 13.8 Å². The highest BCUT2D eigenvalue weighted by Crippen LogP contribution is 2.35. The van der Waals surface area contributed by atoms with Crippen molar-refractivity contribution in [2.45, 2.75) is 33.3 Å². The average Bonchev–Trinajstić information content (AvgIpc) is 2.42. The number of hydrogen-bond acceptors (Lipinski definition) is 2. The van der Waals surface area contributed by atoms with Gasteiger partial charge < -0.3 is 4.74 Å². The fourth-order valence-corrected chi connectivity index (χ4v) is 2.13. The molecule has 0 spiro atoms. The van der Waals surface area contributed by atoms with Crippen LogP contribution in [0.15, 0.2) is 11.4 Å². The van der Waals surface area contributed by atoms with Crippen LogP contribution in [0.3, 0.4) is 0 Å². The molecule has 14 heavy (non-hydrogen) atoms. The smallest absolute Gasteiger partial charge is 0.329 e. The van der Waals surface area contributed by atoms with Crippen LogP contribution in [0.25, 0.3) is 0 Å². The molecule has 0 aromatic carbocycles. The van der Waals surface area contributed by atoms with Crippen molar-refractivity contribution in [3.8, 4) is 0 Å². The molecule has 0 fully saturated rings. The minimum atomic E-state index is -1.26. The van der Waals surface area contributed by atoms with Crippen molar-refractivity contribution in [1.29, 1.82) is 0 Å². The molecule has 0 heterocycles. The van der Waals surface area contributed by atoms with Gasteiger partial charge in [-0.25, -0.2) is 4.39 Å². The Morgan fingerprint density at radius 3 is 2.71 bits per heavy atom. The normalized spacial score (nSPS) is 28.4. The lowest BCUT2D eigenvalue weighted by molar-refractivity contribution is 0.109. The molecule has 0 radical (unpaired) electrons. The van der Waals surface area contributed by atoms with Gasteiger partial charge in [0.15, 0.2) is 0 Å². The second-order valence-corrected chi connectivity index (χ2v) is 5.60. The third-order valence-corrected chi connectivity index (χ3v) is 3.77. The number of hydrogen-bond donors (Lipinski definition) is 0. The molecule has 1 aliphatic carbocycles. The summed E-state index contributed by atoms with van der Waals surface area (Å²) in [5.74, 6) is -0.0961. The Hall–Kier alpha value is -0.270. The Labute approximate surface area is 85.3 Å². The maximum Gasteiger partial charge on any atom is 0.366 e. The molecule has 3 atom stereocenters. The third kappa shape index (κ3) is 2.61. The molecule has 0 amide bonds. The van der Waals surface area contributed by atoms with Crippen LogP contribution in [0.2, 0.25) is 0 Å². The van der Waals surface area contributed by atoms with Crippen LogP contribution < -0.4 is 0 Å². The number of rotatable bonds is 4. The molecule has 0 aromatic rings. The fraction of sp³-hybridized carbons (Fsp3) is 0.800. The van der Waals surface area contributed by atoms with Crippen LogP contribution in [-0.4, -0.2) is 18.6 Å². The Morgan fingerprint density at radius 1 is 1.64 bits per heavy atom. The van der Waals surface area contributed by atoms with Gasteiger partial charge in [0.25, 0.3) is 0 Å². The van der Waals surface area contributed by atoms with Crippen molar-refractivity contribution in [3.05, 3.63) is 11.4 Å². The predicted octanol–water partition coefficient (Wildman–Crippen LogP) is 3.46. The molecule has 0 bridgehead atoms. The molecule has 1 unspecified atom stereocenters. The summed E-state index contributed by atoms with van der Waals surface area (Å²) < 4.78 is 29.9. The van der Waals surface area contributed by atoms with Gasteiger partial charge in [0.05, 0.1) is 6.10 Å². The number of allylic oxidation sites excluding steroid dienone is 1. The molecule has 0 aliphatic heterocycles. The summed E-state index contributed by atoms with van der Waals surface area (Å²) in [7, 11) is -1.26. The molecular formula is C10H17FO2P+. The van der Waals surface area contributed by atoms with Gasteiger partial charge in [0.1, 0.15) is 12.0 Å². The van der Waals surface area contributed by atoms with Crippen molar-refractivity contribution in [2.75, 3.05) is 12.5 Å². The summed E-state index contributed by atoms with van der Waals surface area (Å²) in [6.07, 6.45) is 1.41. The first-order valence-corrected chi connectivity index (χ1v) is 6.59. The first-order valence-electron chi connectivity index (χ1n) is 4.96. The van der Waals surface area contributed by atoms with Crippen molar-refractivity contribution >= 4 is 7.80 Å². The number of halogens is 1. The zero-order valence-corrected chi connectivity index (χ0v) is 9.81. The van der Waals surface area contributed by atoms with Gasteiger partial charge in [-0.1, -0.05) is 11.5 Å². The summed E-state index contributed by atoms with van der Waals surface area (Å²) in [4.78, 5) is 0. The topological polar surface area (TPSA) is 26.3 Å². The van der Waals surface area contributed by atoms with E-state index in [1.165, 1.54) is 0 Å². The summed E-state index contributed by atoms with van der Waals surface area (Å²) in [6.45, 7) is 5.47. The molecule has 1 aliphatic rings. The quantitative estimate of drug-likeness (QED) is 0.677. The van der Waals surface area contributed by atoms with E-state index in [0.717, 1.165) is 0 Å². The van der Waals surface area contributed by atoms with Crippen LogP contribution >= 0.6 is 7.80 Å². The van der Waals surface area contributed by atoms with E-state index in [0.29, 0.717) is 18.2 Å². The van der Waals surface area contributed by atoms with Gasteiger partial charge in [0, 0.05) is 5.92 Å². The van der Waals surface area contributed by atoms with Crippen molar-refractivity contribution in [1.82, 2.24) is 0 Å². The van der Waals surface area contributed by atoms with Crippen LogP contribution in [0.1, 0.15) is 27.2 Å². The summed E-state index contributed by atoms with van der Waals surface area (Å²) in [5.41, 5.74) is 0.678. The highest BCUT2D eigenvalue weighted by atomic mass is 31.1. The molecule has 80 valence electrons. The van der Waals surface area contributed by atoms with E-state index >= 15 is 0 Å². The maximum absolute atomic E-state index is 13.3. The van der Waals surface area contributed by atoms with Gasteiger partial charge in [-0.05, 0) is 25.8 Å². The lowest BCUT2D eigenvalue weighted by Gasteiger charge is -2.09. The Morgan fingerprint density at radius 2 is 2.29 bits per heavy atom. The van der Waals surface area contributed by atoms with Gasteiger partial charge in [-0.15, -0.1) is 0 Å². The van der Waals surface area contributed by atoms with Crippen molar-refractivity contribution in [3.63, 3.8) is 0 Å². The monoisotopic (exact) mass is 219 g/mol. The predicted molar refractivity (Wildman–Crippen MR) is 55.5 cm³/mol. The Bertz CT molecular complexity index is 263. The van der Waals surface area contributed by atoms with Crippen LogP contribution in [0.5, 0.6) is 0 Å². The second kappa shape index (κ2) is 4.99. The third-order valence-electron chi connectivity index (χ3n) is 2.63. The molecule has 0 saturated heterocycles. The largest absolute Gasteiger partial charge is 0.366 e. The highest BCUT2D eigenvalue weighted by molar-refractivity contribution is 7.44. The van der Waals surface area contributed by atoms with E-state index < -0.39 is 7.80 Å². The van der Waals surface area contributed by atoms with Gasteiger partial charge in [-0.3, -0.25) is 0 Å². The number of ether oxygens (including phenoxy) is 1. The molecule has 2 nitrogen and oxygen atoms in total. The van der Waals surface area contributed by atoms with Crippen molar-refractivity contribution < 1.29 is 13.7 Å². The minimum Gasteiger partial charge on any atom is -0.329 e. The van der Waals surface area contributed by atoms with E-state index in [-0.39, 0.29) is 24.2 Å². The van der Waals surface area contributed by atoms with E-state index in [9.17, 15) is 8.96 Å². The molecule has 1 rings (SSSR count). The van der Waals surface area contributed by atoms with Gasteiger partial charge >= 0.3 is 7.80 Å². The van der Waals surface area contributed by atoms with Crippen LogP contribution in [0.4, 0.5) is 4.39 Å². The molecule has 0 saturated carbocycles. The standard InChI is InChI=1S/C10H17FO2P/c1-4-14(12)6-13-9-5-7(2)10(11)8(9)3/h7,9H,4-6H2,1-3H3/q+1/t7-,9+/m1/s1. The average molecular weight is 219 g/mol. The van der Waals surface area contributed by atoms with E-state index in [1.54, 1.807) is 6.92 Å². The molecular weight excluding hydrogens is 202 g/mol. The van der Waals surface area contributed by atoms with Gasteiger partial charge in [-0.2, -0.15) is 0 Å². The first kappa shape index (κ1) is 11.8. The minimum absolute atomic E-state index is 0.0421. The molecule has 0 aromatic heterocycles. The Balaban J connectivity index is 2.45. The summed E-state index contributed by atoms with van der Waals surface area (Å²) in [6, 6.07) is 0. The zero-order valence-electron chi connectivity index (χ0n) is 8.92. The van der Waals surface area contributed by atoms with E-state index in [2.05, 4.69) is 0 Å². The SMILES string of the molecule is CC[P+](=O)CO[C@H]1C[C@@H](C)C(F)=C1C.